The van der Waals surface area contributed by atoms with Gasteiger partial charge in [0.15, 0.2) is 0 Å². The van der Waals surface area contributed by atoms with E-state index in [1.54, 1.807) is 0 Å². The van der Waals surface area contributed by atoms with Crippen LogP contribution < -0.4 is 0 Å². The van der Waals surface area contributed by atoms with Crippen molar-refractivity contribution in [2.45, 2.75) is 0 Å². The molecule has 2 aliphatic rings. The Balaban J connectivity index is -0.000000125. The van der Waals surface area contributed by atoms with Crippen molar-refractivity contribution in [3.05, 3.63) is 79.1 Å². The van der Waals surface area contributed by atoms with Gasteiger partial charge >= 0.3 is 21.7 Å². The van der Waals surface area contributed by atoms with Crippen LogP contribution in [-0.2, 0) is 21.7 Å². The van der Waals surface area contributed by atoms with Crippen molar-refractivity contribution >= 4 is 0 Å². The van der Waals surface area contributed by atoms with Crippen molar-refractivity contribution in [2.24, 2.45) is 0 Å². The molecule has 0 heterocycles. The first-order chi connectivity index (χ1) is 5.00. The Morgan fingerprint density at radius 1 is 0.308 bits per heavy atom. The summed E-state index contributed by atoms with van der Waals surface area (Å²) in [6.07, 6.45) is 20.0. The Morgan fingerprint density at radius 3 is 0.462 bits per heavy atom. The van der Waals surface area contributed by atoms with E-state index in [1.807, 2.05) is 64.2 Å². The van der Waals surface area contributed by atoms with Crippen molar-refractivity contribution in [1.29, 1.82) is 0 Å². The van der Waals surface area contributed by atoms with Gasteiger partial charge in [0.1, 0.15) is 0 Å². The van der Waals surface area contributed by atoms with Gasteiger partial charge in [-0.2, -0.15) is 0 Å². The fraction of sp³-hybridized carbons (Fsp3) is 0. The summed E-state index contributed by atoms with van der Waals surface area (Å²) in [7, 11) is 0. The largest absolute Gasteiger partial charge is 4.00 e. The number of hydrogen-bond donors (Lipinski definition) is 0. The van der Waals surface area contributed by atoms with Crippen molar-refractivity contribution in [3.8, 4) is 0 Å². The minimum absolute atomic E-state index is 0. The van der Waals surface area contributed by atoms with Gasteiger partial charge in [0.05, 0.1) is 0 Å². The van der Waals surface area contributed by atoms with E-state index in [2.05, 4.69) is 0 Å². The molecule has 0 unspecified atom stereocenters. The molecule has 0 aromatic rings. The van der Waals surface area contributed by atoms with Crippen LogP contribution in [0.1, 0.15) is 0 Å². The SMILES string of the molecule is [14CH3-].[14CH3-].[CH]1[CH][CH][CH][CH]1.[CH]1[CH][CH][CH][CH]1.[Ti+4]. The maximum Gasteiger partial charge on any atom is 4.00 e. The third kappa shape index (κ3) is 12.7. The Bertz CT molecular complexity index is 38.3. The summed E-state index contributed by atoms with van der Waals surface area (Å²) in [6.45, 7) is 0. The minimum Gasteiger partial charge on any atom is -0.358 e. The Labute approximate surface area is 101 Å². The van der Waals surface area contributed by atoms with Gasteiger partial charge in [-0.3, -0.25) is 0 Å². The van der Waals surface area contributed by atoms with E-state index in [0.717, 1.165) is 0 Å². The smallest absolute Gasteiger partial charge is 0.358 e. The summed E-state index contributed by atoms with van der Waals surface area (Å²) in [5.41, 5.74) is 0. The molecule has 0 aliphatic heterocycles. The fourth-order valence-electron chi connectivity index (χ4n) is 0.642. The standard InChI is InChI=1S/2C5H5.2CH3.Ti/c2*1-2-4-5-3-1;;;/h2*1-5H;2*1H3;/q;;2*-1;+4/i;;2*1+2;. The molecule has 0 bridgehead atoms. The number of hydrogen-bond acceptors (Lipinski definition) is 0. The molecule has 0 atom stereocenters. The first-order valence-electron chi connectivity index (χ1n) is 3.33. The van der Waals surface area contributed by atoms with E-state index in [0.29, 0.717) is 0 Å². The van der Waals surface area contributed by atoms with E-state index in [-0.39, 0.29) is 36.6 Å². The topological polar surface area (TPSA) is 0 Å². The van der Waals surface area contributed by atoms with Gasteiger partial charge in [0, 0.05) is 0 Å². The fourth-order valence-corrected chi connectivity index (χ4v) is 0.642. The first kappa shape index (κ1) is 19.3. The third-order valence-corrected chi connectivity index (χ3v) is 1.11. The molecule has 13 heavy (non-hydrogen) atoms. The monoisotopic (exact) mass is 212 g/mol. The zero-order valence-electron chi connectivity index (χ0n) is 8.27. The maximum absolute atomic E-state index is 2.00. The normalized spacial score (nSPS) is 18.5. The molecule has 0 N–H and O–H groups in total. The third-order valence-electron chi connectivity index (χ3n) is 1.11. The minimum atomic E-state index is 0. The van der Waals surface area contributed by atoms with Crippen LogP contribution in [0, 0.1) is 79.1 Å². The summed E-state index contributed by atoms with van der Waals surface area (Å²) in [5.74, 6) is 0. The van der Waals surface area contributed by atoms with Crippen molar-refractivity contribution < 1.29 is 21.7 Å². The molecule has 2 aliphatic carbocycles. The molecule has 0 aromatic carbocycles. The second-order valence-corrected chi connectivity index (χ2v) is 1.92. The molecule has 0 aromatic heterocycles. The predicted octanol–water partition coefficient (Wildman–Crippen LogP) is 2.94. The molecular formula is C12H16Ti+2. The summed E-state index contributed by atoms with van der Waals surface area (Å²) >= 11 is 0. The van der Waals surface area contributed by atoms with E-state index < -0.39 is 0 Å². The molecule has 2 fully saturated rings. The van der Waals surface area contributed by atoms with Crippen LogP contribution in [0.4, 0.5) is 0 Å². The van der Waals surface area contributed by atoms with Crippen LogP contribution in [0.25, 0.3) is 0 Å². The van der Waals surface area contributed by atoms with Crippen LogP contribution in [0.5, 0.6) is 0 Å². The molecule has 1 heteroatoms. The van der Waals surface area contributed by atoms with Gasteiger partial charge in [-0.15, -0.1) is 0 Å². The van der Waals surface area contributed by atoms with Crippen LogP contribution in [0.2, 0.25) is 0 Å². The van der Waals surface area contributed by atoms with Gasteiger partial charge in [0.2, 0.25) is 0 Å². The second-order valence-electron chi connectivity index (χ2n) is 1.92. The summed E-state index contributed by atoms with van der Waals surface area (Å²) < 4.78 is 0. The van der Waals surface area contributed by atoms with Crippen LogP contribution in [0.3, 0.4) is 0 Å². The molecule has 66 valence electrons. The Hall–Kier alpha value is 0.714. The van der Waals surface area contributed by atoms with Gasteiger partial charge in [0.25, 0.3) is 0 Å². The maximum atomic E-state index is 2.00. The molecule has 0 saturated heterocycles. The summed E-state index contributed by atoms with van der Waals surface area (Å²) in [5, 5.41) is 0. The van der Waals surface area contributed by atoms with E-state index in [9.17, 15) is 0 Å². The molecule has 10 radical (unpaired) electrons. The average Bonchev–Trinajstić information content (AvgIpc) is 2.67. The number of rotatable bonds is 0. The van der Waals surface area contributed by atoms with Crippen LogP contribution in [0.15, 0.2) is 0 Å². The van der Waals surface area contributed by atoms with Gasteiger partial charge < -0.3 is 14.9 Å². The van der Waals surface area contributed by atoms with Gasteiger partial charge in [-0.05, 0) is 64.2 Å². The molecular weight excluding hydrogens is 196 g/mol. The van der Waals surface area contributed by atoms with Crippen molar-refractivity contribution in [1.82, 2.24) is 0 Å². The van der Waals surface area contributed by atoms with Gasteiger partial charge in [-0.25, -0.2) is 0 Å². The molecule has 0 spiro atoms. The zero-order chi connectivity index (χ0) is 7.07. The van der Waals surface area contributed by atoms with E-state index in [4.69, 9.17) is 0 Å². The predicted molar refractivity (Wildman–Crippen MR) is 55.8 cm³/mol. The summed E-state index contributed by atoms with van der Waals surface area (Å²) in [4.78, 5) is 0. The average molecular weight is 212 g/mol. The Morgan fingerprint density at radius 2 is 0.385 bits per heavy atom. The van der Waals surface area contributed by atoms with Crippen molar-refractivity contribution in [2.75, 3.05) is 0 Å². The quantitative estimate of drug-likeness (QED) is 0.427. The van der Waals surface area contributed by atoms with E-state index >= 15 is 0 Å². The molecule has 2 rings (SSSR count). The first-order valence-corrected chi connectivity index (χ1v) is 3.33. The molecule has 0 nitrogen and oxygen atoms in total. The second kappa shape index (κ2) is 15.2. The Kier molecular flexibility index (Phi) is 22.6. The molecule has 2 saturated carbocycles. The zero-order valence-corrected chi connectivity index (χ0v) is 9.84. The van der Waals surface area contributed by atoms with E-state index in [1.165, 1.54) is 0 Å². The van der Waals surface area contributed by atoms with Crippen LogP contribution in [-0.4, -0.2) is 0 Å². The van der Waals surface area contributed by atoms with Crippen LogP contribution >= 0.6 is 0 Å². The summed E-state index contributed by atoms with van der Waals surface area (Å²) in [6, 6.07) is 0. The van der Waals surface area contributed by atoms with Crippen molar-refractivity contribution in [3.63, 3.8) is 0 Å². The van der Waals surface area contributed by atoms with Gasteiger partial charge in [-0.1, -0.05) is 0 Å². The molecule has 0 amide bonds.